The minimum atomic E-state index is 0.463. The van der Waals surface area contributed by atoms with E-state index in [0.717, 1.165) is 11.3 Å². The molecule has 2 aliphatic rings. The number of nitrogens with one attached hydrogen (secondary N) is 1. The number of hydrogen-bond donors (Lipinski definition) is 1. The Balaban J connectivity index is 1.71. The zero-order valence-electron chi connectivity index (χ0n) is 14.9. The van der Waals surface area contributed by atoms with Crippen molar-refractivity contribution in [2.75, 3.05) is 5.32 Å². The van der Waals surface area contributed by atoms with Crippen molar-refractivity contribution in [1.29, 1.82) is 0 Å². The molecule has 2 aromatic carbocycles. The molecule has 2 aliphatic heterocycles. The lowest BCUT2D eigenvalue weighted by molar-refractivity contribution is 0.762. The summed E-state index contributed by atoms with van der Waals surface area (Å²) in [6.07, 6.45) is 3.26. The van der Waals surface area contributed by atoms with Crippen molar-refractivity contribution in [3.8, 4) is 11.5 Å². The van der Waals surface area contributed by atoms with Crippen molar-refractivity contribution < 1.29 is 0 Å². The van der Waals surface area contributed by atoms with E-state index in [4.69, 9.17) is 23.2 Å². The highest BCUT2D eigenvalue weighted by Crippen LogP contribution is 2.31. The van der Waals surface area contributed by atoms with E-state index >= 15 is 0 Å². The van der Waals surface area contributed by atoms with Gasteiger partial charge in [-0.05, 0) is 43.2 Å². The second kappa shape index (κ2) is 7.18. The Morgan fingerprint density at radius 3 is 2.48 bits per heavy atom. The zero-order chi connectivity index (χ0) is 19.0. The van der Waals surface area contributed by atoms with Crippen LogP contribution in [0.1, 0.15) is 16.7 Å². The molecule has 0 radical (unpaired) electrons. The van der Waals surface area contributed by atoms with Gasteiger partial charge in [0.1, 0.15) is 6.33 Å². The summed E-state index contributed by atoms with van der Waals surface area (Å²) in [6.45, 7) is 4.62. The molecule has 0 saturated heterocycles. The fourth-order valence-electron chi connectivity index (χ4n) is 2.96. The number of benzene rings is 2. The van der Waals surface area contributed by atoms with Crippen LogP contribution in [0.15, 0.2) is 49.1 Å². The summed E-state index contributed by atoms with van der Waals surface area (Å²) in [7, 11) is 0. The third-order valence-electron chi connectivity index (χ3n) is 4.65. The molecule has 0 spiro atoms. The smallest absolute Gasteiger partial charge is 0.165 e. The first-order chi connectivity index (χ1) is 13.0. The number of anilines is 2. The third-order valence-corrected chi connectivity index (χ3v) is 5.36. The molecule has 2 heterocycles. The number of nitrogens with zero attached hydrogens (tertiary/aromatic N) is 4. The summed E-state index contributed by atoms with van der Waals surface area (Å²) < 4.78 is 1.89. The van der Waals surface area contributed by atoms with Crippen LogP contribution in [0.5, 0.6) is 0 Å². The largest absolute Gasteiger partial charge is 0.338 e. The Labute approximate surface area is 167 Å². The highest BCUT2D eigenvalue weighted by atomic mass is 35.5. The Hall–Kier alpha value is -2.63. The predicted molar refractivity (Wildman–Crippen MR) is 109 cm³/mol. The second-order valence-electron chi connectivity index (χ2n) is 6.34. The first kappa shape index (κ1) is 17.8. The zero-order valence-corrected chi connectivity index (χ0v) is 16.4. The van der Waals surface area contributed by atoms with Crippen molar-refractivity contribution in [3.05, 3.63) is 75.8 Å². The van der Waals surface area contributed by atoms with Gasteiger partial charge in [-0.3, -0.25) is 0 Å². The number of rotatable bonds is 4. The molecule has 0 amide bonds. The van der Waals surface area contributed by atoms with Crippen LogP contribution in [0.3, 0.4) is 0 Å². The highest BCUT2D eigenvalue weighted by molar-refractivity contribution is 6.36. The van der Waals surface area contributed by atoms with Gasteiger partial charge in [0.05, 0.1) is 12.9 Å². The minimum Gasteiger partial charge on any atom is -0.338 e. The van der Waals surface area contributed by atoms with Crippen LogP contribution in [0.2, 0.25) is 10.0 Å². The van der Waals surface area contributed by atoms with E-state index in [1.54, 1.807) is 6.33 Å². The van der Waals surface area contributed by atoms with Gasteiger partial charge in [0, 0.05) is 21.3 Å². The van der Waals surface area contributed by atoms with E-state index in [9.17, 15) is 0 Å². The van der Waals surface area contributed by atoms with E-state index in [-0.39, 0.29) is 0 Å². The first-order valence-electron chi connectivity index (χ1n) is 8.46. The Morgan fingerprint density at radius 1 is 0.963 bits per heavy atom. The summed E-state index contributed by atoms with van der Waals surface area (Å²) in [5.74, 6) is 1.38. The molecule has 0 saturated carbocycles. The van der Waals surface area contributed by atoms with E-state index in [1.807, 2.05) is 34.9 Å². The average Bonchev–Trinajstić information content (AvgIpc) is 3.14. The Morgan fingerprint density at radius 2 is 1.70 bits per heavy atom. The standard InChI is InChI=1S/C20H17Cl2N5/c1-12-5-3-8-17(13(12)2)26-19-18-20(24-10-23-18)27(11-25-19)9-14-15(21)6-4-7-16(14)22/h3-8,10-11,26H,9H2,1-2H3. The van der Waals surface area contributed by atoms with Crippen LogP contribution in [-0.2, 0) is 6.54 Å². The van der Waals surface area contributed by atoms with Gasteiger partial charge in [0.15, 0.2) is 17.3 Å². The SMILES string of the molecule is Cc1cccc(Nc2ncn(Cc3c(Cl)cccc3Cl)c3ncnc2-3)c1C. The molecule has 27 heavy (non-hydrogen) atoms. The summed E-state index contributed by atoms with van der Waals surface area (Å²) in [6, 6.07) is 11.6. The molecule has 0 unspecified atom stereocenters. The van der Waals surface area contributed by atoms with Crippen molar-refractivity contribution >= 4 is 34.7 Å². The summed E-state index contributed by atoms with van der Waals surface area (Å²) in [5, 5.41) is 4.60. The highest BCUT2D eigenvalue weighted by Gasteiger charge is 2.19. The molecule has 7 heteroatoms. The van der Waals surface area contributed by atoms with Crippen LogP contribution < -0.4 is 5.32 Å². The molecule has 0 atom stereocenters. The molecule has 0 fully saturated rings. The topological polar surface area (TPSA) is 55.6 Å². The first-order valence-corrected chi connectivity index (χ1v) is 9.22. The van der Waals surface area contributed by atoms with E-state index in [0.29, 0.717) is 33.9 Å². The molecular formula is C20H17Cl2N5. The Bertz CT molecular complexity index is 1070. The lowest BCUT2D eigenvalue weighted by Gasteiger charge is -2.16. The predicted octanol–water partition coefficient (Wildman–Crippen LogP) is 5.49. The van der Waals surface area contributed by atoms with Crippen molar-refractivity contribution in [3.63, 3.8) is 0 Å². The molecule has 2 aromatic rings. The molecule has 0 bridgehead atoms. The van der Waals surface area contributed by atoms with Crippen molar-refractivity contribution in [2.45, 2.75) is 20.4 Å². The van der Waals surface area contributed by atoms with Crippen LogP contribution in [0, 0.1) is 13.8 Å². The molecule has 0 aliphatic carbocycles. The lowest BCUT2D eigenvalue weighted by Crippen LogP contribution is -2.10. The Kier molecular flexibility index (Phi) is 4.72. The second-order valence-corrected chi connectivity index (χ2v) is 7.15. The van der Waals surface area contributed by atoms with Crippen molar-refractivity contribution in [2.24, 2.45) is 0 Å². The van der Waals surface area contributed by atoms with Crippen LogP contribution >= 0.6 is 23.2 Å². The van der Waals surface area contributed by atoms with Gasteiger partial charge >= 0.3 is 0 Å². The van der Waals surface area contributed by atoms with Gasteiger partial charge in [-0.15, -0.1) is 0 Å². The number of fused-ring (bicyclic) bond motifs is 1. The summed E-state index contributed by atoms with van der Waals surface area (Å²) in [4.78, 5) is 13.4. The minimum absolute atomic E-state index is 0.463. The maximum Gasteiger partial charge on any atom is 0.165 e. The number of aryl methyl sites for hydroxylation is 1. The maximum absolute atomic E-state index is 6.31. The fraction of sp³-hybridized carbons (Fsp3) is 0.150. The summed E-state index contributed by atoms with van der Waals surface area (Å²) >= 11 is 12.6. The number of hydrogen-bond acceptors (Lipinski definition) is 4. The normalized spacial score (nSPS) is 11.1. The van der Waals surface area contributed by atoms with E-state index < -0.39 is 0 Å². The van der Waals surface area contributed by atoms with Gasteiger partial charge in [-0.1, -0.05) is 41.4 Å². The fourth-order valence-corrected chi connectivity index (χ4v) is 3.47. The van der Waals surface area contributed by atoms with E-state index in [2.05, 4.69) is 40.2 Å². The monoisotopic (exact) mass is 397 g/mol. The number of halogens is 2. The van der Waals surface area contributed by atoms with Gasteiger partial charge in [-0.25, -0.2) is 15.0 Å². The van der Waals surface area contributed by atoms with Gasteiger partial charge in [0.2, 0.25) is 0 Å². The maximum atomic E-state index is 6.31. The lowest BCUT2D eigenvalue weighted by atomic mass is 10.1. The quantitative estimate of drug-likeness (QED) is 0.494. The molecule has 4 rings (SSSR count). The van der Waals surface area contributed by atoms with Gasteiger partial charge in [-0.2, -0.15) is 0 Å². The molecule has 0 aromatic heterocycles. The molecule has 1 N–H and O–H groups in total. The average molecular weight is 398 g/mol. The van der Waals surface area contributed by atoms with Crippen LogP contribution in [0.4, 0.5) is 11.5 Å². The summed E-state index contributed by atoms with van der Waals surface area (Å²) in [5.41, 5.74) is 4.91. The van der Waals surface area contributed by atoms with Crippen LogP contribution in [0.25, 0.3) is 11.5 Å². The van der Waals surface area contributed by atoms with Crippen LogP contribution in [-0.4, -0.2) is 19.5 Å². The van der Waals surface area contributed by atoms with E-state index in [1.165, 1.54) is 17.5 Å². The molecule has 5 nitrogen and oxygen atoms in total. The van der Waals surface area contributed by atoms with Gasteiger partial charge in [0.25, 0.3) is 0 Å². The number of imidazole rings is 1. The third kappa shape index (κ3) is 3.36. The van der Waals surface area contributed by atoms with Gasteiger partial charge < -0.3 is 9.88 Å². The molecule has 136 valence electrons. The van der Waals surface area contributed by atoms with Crippen molar-refractivity contribution in [1.82, 2.24) is 19.5 Å². The molecular weight excluding hydrogens is 381 g/mol. The number of aromatic nitrogens is 4.